The SMILES string of the molecule is Cc1cc(C)c(C(NN)c2cc(F)c(F)c(F)c2)c(F)c1. The number of hydrazine groups is 1. The van der Waals surface area contributed by atoms with Crippen LogP contribution in [0.5, 0.6) is 0 Å². The van der Waals surface area contributed by atoms with E-state index in [0.29, 0.717) is 11.1 Å². The molecule has 2 rings (SSSR count). The van der Waals surface area contributed by atoms with Crippen molar-refractivity contribution in [2.24, 2.45) is 5.84 Å². The second-order valence-corrected chi connectivity index (χ2v) is 4.88. The molecule has 3 N–H and O–H groups in total. The molecule has 0 amide bonds. The summed E-state index contributed by atoms with van der Waals surface area (Å²) < 4.78 is 53.9. The van der Waals surface area contributed by atoms with E-state index >= 15 is 0 Å². The van der Waals surface area contributed by atoms with Crippen molar-refractivity contribution in [3.8, 4) is 0 Å². The maximum atomic E-state index is 14.2. The van der Waals surface area contributed by atoms with Crippen LogP contribution in [0, 0.1) is 37.1 Å². The normalized spacial score (nSPS) is 12.5. The second-order valence-electron chi connectivity index (χ2n) is 4.88. The molecule has 1 unspecified atom stereocenters. The summed E-state index contributed by atoms with van der Waals surface area (Å²) in [6.07, 6.45) is 0. The van der Waals surface area contributed by atoms with E-state index in [1.807, 2.05) is 0 Å². The average Bonchev–Trinajstić information content (AvgIpc) is 2.39. The molecule has 112 valence electrons. The van der Waals surface area contributed by atoms with Crippen LogP contribution >= 0.6 is 0 Å². The first kappa shape index (κ1) is 15.5. The smallest absolute Gasteiger partial charge is 0.194 e. The van der Waals surface area contributed by atoms with Gasteiger partial charge < -0.3 is 0 Å². The van der Waals surface area contributed by atoms with E-state index < -0.39 is 29.3 Å². The molecule has 21 heavy (non-hydrogen) atoms. The minimum Gasteiger partial charge on any atom is -0.271 e. The van der Waals surface area contributed by atoms with Crippen LogP contribution in [0.15, 0.2) is 24.3 Å². The summed E-state index contributed by atoms with van der Waals surface area (Å²) in [5.41, 5.74) is 3.75. The summed E-state index contributed by atoms with van der Waals surface area (Å²) in [6, 6.07) is 3.61. The lowest BCUT2D eigenvalue weighted by atomic mass is 9.93. The van der Waals surface area contributed by atoms with Crippen molar-refractivity contribution in [1.82, 2.24) is 5.43 Å². The number of rotatable bonds is 3. The van der Waals surface area contributed by atoms with Crippen LogP contribution in [0.1, 0.15) is 28.3 Å². The van der Waals surface area contributed by atoms with Gasteiger partial charge in [-0.3, -0.25) is 5.84 Å². The Morgan fingerprint density at radius 2 is 1.48 bits per heavy atom. The van der Waals surface area contributed by atoms with Crippen LogP contribution in [0.2, 0.25) is 0 Å². The van der Waals surface area contributed by atoms with E-state index in [0.717, 1.165) is 12.1 Å². The van der Waals surface area contributed by atoms with E-state index in [9.17, 15) is 17.6 Å². The van der Waals surface area contributed by atoms with Crippen molar-refractivity contribution in [3.05, 3.63) is 69.8 Å². The lowest BCUT2D eigenvalue weighted by Crippen LogP contribution is -2.30. The maximum absolute atomic E-state index is 14.2. The van der Waals surface area contributed by atoms with Gasteiger partial charge in [-0.25, -0.2) is 23.0 Å². The number of nitrogens with one attached hydrogen (secondary N) is 1. The van der Waals surface area contributed by atoms with Gasteiger partial charge in [0.15, 0.2) is 17.5 Å². The molecule has 0 aliphatic heterocycles. The summed E-state index contributed by atoms with van der Waals surface area (Å²) in [7, 11) is 0. The predicted octanol–water partition coefficient (Wildman–Crippen LogP) is 3.41. The molecule has 0 fully saturated rings. The quantitative estimate of drug-likeness (QED) is 0.394. The summed E-state index contributed by atoms with van der Waals surface area (Å²) in [6.45, 7) is 3.38. The number of benzene rings is 2. The fourth-order valence-corrected chi connectivity index (χ4v) is 2.38. The van der Waals surface area contributed by atoms with Gasteiger partial charge in [0.2, 0.25) is 0 Å². The summed E-state index contributed by atoms with van der Waals surface area (Å²) in [5, 5.41) is 0. The molecule has 0 bridgehead atoms. The van der Waals surface area contributed by atoms with Crippen molar-refractivity contribution < 1.29 is 17.6 Å². The Bertz CT molecular complexity index is 639. The van der Waals surface area contributed by atoms with Crippen LogP contribution in [0.3, 0.4) is 0 Å². The largest absolute Gasteiger partial charge is 0.271 e. The Balaban J connectivity index is 2.60. The van der Waals surface area contributed by atoms with Gasteiger partial charge in [0, 0.05) is 5.56 Å². The molecule has 0 spiro atoms. The van der Waals surface area contributed by atoms with Crippen molar-refractivity contribution >= 4 is 0 Å². The molecule has 1 atom stereocenters. The zero-order valence-corrected chi connectivity index (χ0v) is 11.5. The fraction of sp³-hybridized carbons (Fsp3) is 0.200. The molecule has 0 aliphatic rings. The van der Waals surface area contributed by atoms with Gasteiger partial charge >= 0.3 is 0 Å². The molecular formula is C15H14F4N2. The third-order valence-corrected chi connectivity index (χ3v) is 3.28. The average molecular weight is 298 g/mol. The standard InChI is InChI=1S/C15H14F4N2/c1-7-3-8(2)13(10(16)4-7)15(21-20)9-5-11(17)14(19)12(18)6-9/h3-6,15,21H,20H2,1-2H3. The highest BCUT2D eigenvalue weighted by atomic mass is 19.2. The number of nitrogens with two attached hydrogens (primary N) is 1. The molecule has 2 aromatic carbocycles. The minimum atomic E-state index is -1.57. The molecule has 0 radical (unpaired) electrons. The Labute approximate surface area is 119 Å². The van der Waals surface area contributed by atoms with Crippen LogP contribution in [-0.4, -0.2) is 0 Å². The van der Waals surface area contributed by atoms with Crippen LogP contribution < -0.4 is 11.3 Å². The number of hydrogen-bond donors (Lipinski definition) is 2. The monoisotopic (exact) mass is 298 g/mol. The number of aryl methyl sites for hydroxylation is 2. The van der Waals surface area contributed by atoms with Gasteiger partial charge in [0.1, 0.15) is 5.82 Å². The Morgan fingerprint density at radius 1 is 0.905 bits per heavy atom. The van der Waals surface area contributed by atoms with E-state index in [1.54, 1.807) is 19.9 Å². The minimum absolute atomic E-state index is 0.000229. The molecule has 6 heteroatoms. The highest BCUT2D eigenvalue weighted by Gasteiger charge is 2.22. The Kier molecular flexibility index (Phi) is 4.29. The lowest BCUT2D eigenvalue weighted by molar-refractivity contribution is 0.442. The van der Waals surface area contributed by atoms with Gasteiger partial charge in [-0.2, -0.15) is 0 Å². The third-order valence-electron chi connectivity index (χ3n) is 3.28. The third kappa shape index (κ3) is 2.91. The molecule has 0 heterocycles. The van der Waals surface area contributed by atoms with Gasteiger partial charge in [0.25, 0.3) is 0 Å². The Morgan fingerprint density at radius 3 is 1.95 bits per heavy atom. The number of halogens is 4. The molecule has 2 aromatic rings. The molecular weight excluding hydrogens is 284 g/mol. The molecule has 0 aromatic heterocycles. The molecule has 0 saturated carbocycles. The first-order valence-corrected chi connectivity index (χ1v) is 6.22. The van der Waals surface area contributed by atoms with Crippen LogP contribution in [-0.2, 0) is 0 Å². The summed E-state index contributed by atoms with van der Waals surface area (Å²) in [5.74, 6) is 0.564. The molecule has 0 aliphatic carbocycles. The van der Waals surface area contributed by atoms with Crippen LogP contribution in [0.4, 0.5) is 17.6 Å². The first-order chi connectivity index (χ1) is 9.85. The van der Waals surface area contributed by atoms with E-state index in [-0.39, 0.29) is 11.1 Å². The highest BCUT2D eigenvalue weighted by Crippen LogP contribution is 2.29. The number of hydrogen-bond acceptors (Lipinski definition) is 2. The van der Waals surface area contributed by atoms with Crippen molar-refractivity contribution in [1.29, 1.82) is 0 Å². The van der Waals surface area contributed by atoms with Gasteiger partial charge in [0.05, 0.1) is 6.04 Å². The fourth-order valence-electron chi connectivity index (χ4n) is 2.38. The topological polar surface area (TPSA) is 38.0 Å². The second kappa shape index (κ2) is 5.83. The Hall–Kier alpha value is -1.92. The molecule has 2 nitrogen and oxygen atoms in total. The zero-order valence-electron chi connectivity index (χ0n) is 11.5. The van der Waals surface area contributed by atoms with Gasteiger partial charge in [-0.1, -0.05) is 6.07 Å². The molecule has 0 saturated heterocycles. The lowest BCUT2D eigenvalue weighted by Gasteiger charge is -2.20. The van der Waals surface area contributed by atoms with E-state index in [2.05, 4.69) is 5.43 Å². The van der Waals surface area contributed by atoms with E-state index in [4.69, 9.17) is 5.84 Å². The van der Waals surface area contributed by atoms with Gasteiger partial charge in [-0.15, -0.1) is 0 Å². The van der Waals surface area contributed by atoms with Crippen molar-refractivity contribution in [2.45, 2.75) is 19.9 Å². The van der Waals surface area contributed by atoms with Gasteiger partial charge in [-0.05, 0) is 48.7 Å². The summed E-state index contributed by atoms with van der Waals surface area (Å²) in [4.78, 5) is 0. The highest BCUT2D eigenvalue weighted by molar-refractivity contribution is 5.40. The predicted molar refractivity (Wildman–Crippen MR) is 71.4 cm³/mol. The zero-order chi connectivity index (χ0) is 15.7. The van der Waals surface area contributed by atoms with E-state index in [1.165, 1.54) is 6.07 Å². The van der Waals surface area contributed by atoms with Crippen LogP contribution in [0.25, 0.3) is 0 Å². The maximum Gasteiger partial charge on any atom is 0.194 e. The summed E-state index contributed by atoms with van der Waals surface area (Å²) >= 11 is 0. The first-order valence-electron chi connectivity index (χ1n) is 6.22. The van der Waals surface area contributed by atoms with Crippen molar-refractivity contribution in [3.63, 3.8) is 0 Å². The van der Waals surface area contributed by atoms with Crippen molar-refractivity contribution in [2.75, 3.05) is 0 Å².